The number of rotatable bonds is 6. The van der Waals surface area contributed by atoms with Crippen LogP contribution in [0, 0.1) is 13.8 Å². The Morgan fingerprint density at radius 3 is 2.74 bits per heavy atom. The molecule has 2 atom stereocenters. The summed E-state index contributed by atoms with van der Waals surface area (Å²) in [5, 5.41) is 3.89. The number of hydrogen-bond acceptors (Lipinski definition) is 5. The number of thiocarbonyl (C=S) groups is 1. The summed E-state index contributed by atoms with van der Waals surface area (Å²) in [6, 6.07) is 11.5. The molecule has 0 unspecified atom stereocenters. The molecule has 0 saturated carbocycles. The second-order valence-corrected chi connectivity index (χ2v) is 7.82. The molecule has 8 heteroatoms. The van der Waals surface area contributed by atoms with Crippen LogP contribution < -0.4 is 5.32 Å². The van der Waals surface area contributed by atoms with Gasteiger partial charge in [-0.05, 0) is 68.9 Å². The Morgan fingerprint density at radius 2 is 2.06 bits per heavy atom. The topological polar surface area (TPSA) is 72.3 Å². The SMILES string of the molecule is CCOC(=O)CN1C(=S)N[C@H](c2ccccn2)[C@@H]1c1cc(C)n(-c2cccnc2)c1C. The molecule has 1 N–H and O–H groups in total. The number of carbonyl (C=O) groups excluding carboxylic acids is 1. The first-order chi connectivity index (χ1) is 15.0. The third kappa shape index (κ3) is 4.03. The maximum absolute atomic E-state index is 12.4. The van der Waals surface area contributed by atoms with Crippen molar-refractivity contribution in [1.82, 2.24) is 24.8 Å². The minimum absolute atomic E-state index is 0.0736. The van der Waals surface area contributed by atoms with E-state index in [9.17, 15) is 4.79 Å². The molecule has 1 aliphatic rings. The fourth-order valence-corrected chi connectivity index (χ4v) is 4.54. The third-order valence-corrected chi connectivity index (χ3v) is 5.85. The van der Waals surface area contributed by atoms with Crippen molar-refractivity contribution in [3.05, 3.63) is 77.6 Å². The van der Waals surface area contributed by atoms with Gasteiger partial charge in [-0.25, -0.2) is 0 Å². The van der Waals surface area contributed by atoms with E-state index in [4.69, 9.17) is 17.0 Å². The number of carbonyl (C=O) groups is 1. The van der Waals surface area contributed by atoms with Crippen molar-refractivity contribution in [3.8, 4) is 5.69 Å². The van der Waals surface area contributed by atoms with E-state index in [0.717, 1.165) is 28.3 Å². The van der Waals surface area contributed by atoms with Crippen LogP contribution in [0.15, 0.2) is 55.0 Å². The first kappa shape index (κ1) is 21.0. The van der Waals surface area contributed by atoms with Gasteiger partial charge in [0.25, 0.3) is 0 Å². The van der Waals surface area contributed by atoms with Crippen LogP contribution in [-0.4, -0.2) is 43.7 Å². The van der Waals surface area contributed by atoms with E-state index in [0.29, 0.717) is 11.7 Å². The average Bonchev–Trinajstić information content (AvgIpc) is 3.25. The van der Waals surface area contributed by atoms with E-state index in [1.54, 1.807) is 19.3 Å². The highest BCUT2D eigenvalue weighted by Crippen LogP contribution is 2.41. The summed E-state index contributed by atoms with van der Waals surface area (Å²) in [6.45, 7) is 6.35. The van der Waals surface area contributed by atoms with Crippen LogP contribution in [0.2, 0.25) is 0 Å². The van der Waals surface area contributed by atoms with E-state index in [-0.39, 0.29) is 24.6 Å². The minimum Gasteiger partial charge on any atom is -0.465 e. The summed E-state index contributed by atoms with van der Waals surface area (Å²) in [4.78, 5) is 23.1. The number of aromatic nitrogens is 3. The molecule has 0 aromatic carbocycles. The van der Waals surface area contributed by atoms with E-state index < -0.39 is 0 Å². The molecule has 31 heavy (non-hydrogen) atoms. The molecule has 3 aromatic heterocycles. The monoisotopic (exact) mass is 435 g/mol. The molecule has 1 aliphatic heterocycles. The van der Waals surface area contributed by atoms with Crippen molar-refractivity contribution in [3.63, 3.8) is 0 Å². The number of aryl methyl sites for hydroxylation is 1. The predicted molar refractivity (Wildman–Crippen MR) is 122 cm³/mol. The zero-order chi connectivity index (χ0) is 22.0. The van der Waals surface area contributed by atoms with Crippen LogP contribution in [-0.2, 0) is 9.53 Å². The van der Waals surface area contributed by atoms with Gasteiger partial charge < -0.3 is 19.5 Å². The molecular weight excluding hydrogens is 410 g/mol. The molecule has 3 aromatic rings. The summed E-state index contributed by atoms with van der Waals surface area (Å²) in [6.07, 6.45) is 5.37. The Morgan fingerprint density at radius 1 is 1.23 bits per heavy atom. The van der Waals surface area contributed by atoms with Gasteiger partial charge in [0.05, 0.1) is 36.3 Å². The first-order valence-corrected chi connectivity index (χ1v) is 10.6. The minimum atomic E-state index is -0.306. The maximum atomic E-state index is 12.4. The smallest absolute Gasteiger partial charge is 0.325 e. The lowest BCUT2D eigenvalue weighted by Gasteiger charge is -2.27. The molecule has 4 heterocycles. The molecule has 1 saturated heterocycles. The van der Waals surface area contributed by atoms with Crippen LogP contribution in [0.3, 0.4) is 0 Å². The normalized spacial score (nSPS) is 18.2. The molecule has 0 aliphatic carbocycles. The van der Waals surface area contributed by atoms with Crippen LogP contribution in [0.1, 0.15) is 41.7 Å². The summed E-state index contributed by atoms with van der Waals surface area (Å²) < 4.78 is 7.38. The van der Waals surface area contributed by atoms with Crippen molar-refractivity contribution >= 4 is 23.3 Å². The fraction of sp³-hybridized carbons (Fsp3) is 0.304. The second-order valence-electron chi connectivity index (χ2n) is 7.43. The zero-order valence-electron chi connectivity index (χ0n) is 17.8. The molecule has 1 fully saturated rings. The Bertz CT molecular complexity index is 1080. The molecular formula is C23H25N5O2S. The number of hydrogen-bond donors (Lipinski definition) is 1. The molecule has 0 bridgehead atoms. The van der Waals surface area contributed by atoms with Crippen LogP contribution in [0.5, 0.6) is 0 Å². The number of esters is 1. The number of nitrogens with zero attached hydrogens (tertiary/aromatic N) is 4. The first-order valence-electron chi connectivity index (χ1n) is 10.2. The lowest BCUT2D eigenvalue weighted by Crippen LogP contribution is -2.35. The Labute approximate surface area is 187 Å². The summed E-state index contributed by atoms with van der Waals surface area (Å²) in [7, 11) is 0. The van der Waals surface area contributed by atoms with Crippen molar-refractivity contribution in [1.29, 1.82) is 0 Å². The molecule has 160 valence electrons. The van der Waals surface area contributed by atoms with E-state index >= 15 is 0 Å². The quantitative estimate of drug-likeness (QED) is 0.470. The largest absolute Gasteiger partial charge is 0.465 e. The fourth-order valence-electron chi connectivity index (χ4n) is 4.23. The number of ether oxygens (including phenoxy) is 1. The van der Waals surface area contributed by atoms with Gasteiger partial charge in [0.2, 0.25) is 0 Å². The molecule has 0 radical (unpaired) electrons. The summed E-state index contributed by atoms with van der Waals surface area (Å²) in [5.74, 6) is -0.306. The van der Waals surface area contributed by atoms with E-state index in [1.807, 2.05) is 41.4 Å². The van der Waals surface area contributed by atoms with Crippen molar-refractivity contribution < 1.29 is 9.53 Å². The van der Waals surface area contributed by atoms with Crippen molar-refractivity contribution in [2.24, 2.45) is 0 Å². The average molecular weight is 436 g/mol. The van der Waals surface area contributed by atoms with Crippen LogP contribution in [0.25, 0.3) is 5.69 Å². The van der Waals surface area contributed by atoms with E-state index in [1.165, 1.54) is 0 Å². The lowest BCUT2D eigenvalue weighted by atomic mass is 9.97. The summed E-state index contributed by atoms with van der Waals surface area (Å²) >= 11 is 5.64. The van der Waals surface area contributed by atoms with Gasteiger partial charge in [0.1, 0.15) is 6.54 Å². The zero-order valence-corrected chi connectivity index (χ0v) is 18.6. The van der Waals surface area contributed by atoms with Gasteiger partial charge in [-0.15, -0.1) is 0 Å². The molecule has 0 amide bonds. The third-order valence-electron chi connectivity index (χ3n) is 5.50. The number of pyridine rings is 2. The lowest BCUT2D eigenvalue weighted by molar-refractivity contribution is -0.143. The van der Waals surface area contributed by atoms with Gasteiger partial charge in [-0.2, -0.15) is 0 Å². The highest BCUT2D eigenvalue weighted by atomic mass is 32.1. The second kappa shape index (κ2) is 8.85. The standard InChI is InChI=1S/C23H25N5O2S/c1-4-30-20(29)14-27-22(21(26-23(27)31)19-9-5-6-11-25-19)18-12-15(2)28(16(18)3)17-8-7-10-24-13-17/h5-13,21-22H,4,14H2,1-3H3,(H,26,31)/t21-,22+/m1/s1. The van der Waals surface area contributed by atoms with Crippen molar-refractivity contribution in [2.75, 3.05) is 13.2 Å². The van der Waals surface area contributed by atoms with Gasteiger partial charge >= 0.3 is 5.97 Å². The predicted octanol–water partition coefficient (Wildman–Crippen LogP) is 3.42. The van der Waals surface area contributed by atoms with Gasteiger partial charge in [0.15, 0.2) is 5.11 Å². The van der Waals surface area contributed by atoms with Crippen LogP contribution >= 0.6 is 12.2 Å². The molecule has 4 rings (SSSR count). The maximum Gasteiger partial charge on any atom is 0.325 e. The highest BCUT2D eigenvalue weighted by Gasteiger charge is 2.42. The molecule has 7 nitrogen and oxygen atoms in total. The van der Waals surface area contributed by atoms with Gasteiger partial charge in [-0.1, -0.05) is 6.07 Å². The highest BCUT2D eigenvalue weighted by molar-refractivity contribution is 7.80. The van der Waals surface area contributed by atoms with Gasteiger partial charge in [0, 0.05) is 23.8 Å². The Hall–Kier alpha value is -3.26. The van der Waals surface area contributed by atoms with Crippen LogP contribution in [0.4, 0.5) is 0 Å². The Balaban J connectivity index is 1.81. The van der Waals surface area contributed by atoms with Crippen molar-refractivity contribution in [2.45, 2.75) is 32.9 Å². The Kier molecular flexibility index (Phi) is 5.99. The van der Waals surface area contributed by atoms with E-state index in [2.05, 4.69) is 39.8 Å². The molecule has 0 spiro atoms. The van der Waals surface area contributed by atoms with Gasteiger partial charge in [-0.3, -0.25) is 14.8 Å². The number of nitrogens with one attached hydrogen (secondary N) is 1. The summed E-state index contributed by atoms with van der Waals surface area (Å²) in [5.41, 5.74) is 5.08.